The molecular formula is C44H82N12O7S+4. The first-order chi connectivity index (χ1) is 29.2. The highest BCUT2D eigenvalue weighted by Gasteiger charge is 2.53. The van der Waals surface area contributed by atoms with Crippen molar-refractivity contribution in [2.45, 2.75) is 236 Å². The molecule has 0 saturated carbocycles. The summed E-state index contributed by atoms with van der Waals surface area (Å²) in [5.41, 5.74) is -3.15. The molecular weight excluding hydrogens is 841 g/mol. The van der Waals surface area contributed by atoms with Crippen LogP contribution in [0.15, 0.2) is 5.16 Å². The minimum Gasteiger partial charge on any atom is -0.462 e. The van der Waals surface area contributed by atoms with Gasteiger partial charge >= 0.3 is 18.0 Å². The molecule has 0 unspecified atom stereocenters. The molecule has 6 heterocycles. The van der Waals surface area contributed by atoms with E-state index in [2.05, 4.69) is 126 Å². The maximum absolute atomic E-state index is 8.78. The maximum atomic E-state index is 8.78. The van der Waals surface area contributed by atoms with E-state index in [-0.39, 0.29) is 71.1 Å². The van der Waals surface area contributed by atoms with E-state index in [0.717, 1.165) is 12.8 Å². The summed E-state index contributed by atoms with van der Waals surface area (Å²) >= 11 is 1.41. The Bertz CT molecular complexity index is 1630. The molecule has 0 spiro atoms. The van der Waals surface area contributed by atoms with Gasteiger partial charge < -0.3 is 45.7 Å². The number of hydrogen-bond acceptors (Lipinski definition) is 16. The molecule has 0 aliphatic carbocycles. The highest BCUT2D eigenvalue weighted by Crippen LogP contribution is 2.42. The van der Waals surface area contributed by atoms with Crippen molar-refractivity contribution >= 4 is 23.7 Å². The molecule has 0 amide bonds. The molecule has 4 fully saturated rings. The van der Waals surface area contributed by atoms with Crippen molar-refractivity contribution < 1.29 is 35.0 Å². The molecule has 0 bridgehead atoms. The minimum atomic E-state index is -0.423. The fourth-order valence-corrected chi connectivity index (χ4v) is 11.9. The number of hydroxylamine groups is 8. The van der Waals surface area contributed by atoms with Gasteiger partial charge in [-0.1, -0.05) is 32.0 Å². The second kappa shape index (κ2) is 17.6. The predicted molar refractivity (Wildman–Crippen MR) is 251 cm³/mol. The van der Waals surface area contributed by atoms with Crippen molar-refractivity contribution in [2.24, 2.45) is 0 Å². The molecule has 19 nitrogen and oxygen atoms in total. The summed E-state index contributed by atoms with van der Waals surface area (Å²) in [6.07, 6.45) is 4.98. The smallest absolute Gasteiger partial charge is 0.324 e. The van der Waals surface area contributed by atoms with E-state index in [4.69, 9.17) is 60.0 Å². The van der Waals surface area contributed by atoms with Gasteiger partial charge in [0.25, 0.3) is 0 Å². The van der Waals surface area contributed by atoms with Crippen molar-refractivity contribution in [3.63, 3.8) is 0 Å². The number of nitrogens with one attached hydrogen (secondary N) is 2. The zero-order chi connectivity index (χ0) is 47.6. The van der Waals surface area contributed by atoms with E-state index in [9.17, 15) is 0 Å². The number of rotatable bonds is 13. The lowest BCUT2D eigenvalue weighted by Gasteiger charge is -2.48. The van der Waals surface area contributed by atoms with Crippen LogP contribution in [0.3, 0.4) is 0 Å². The molecule has 2 aromatic rings. The van der Waals surface area contributed by atoms with Crippen LogP contribution in [0.2, 0.25) is 0 Å². The topological polar surface area (TPSA) is 234 Å². The third kappa shape index (κ3) is 11.4. The summed E-state index contributed by atoms with van der Waals surface area (Å²) in [7, 11) is 0. The van der Waals surface area contributed by atoms with Gasteiger partial charge in [-0.25, -0.2) is 0 Å². The number of hydrogen-bond donors (Lipinski definition) is 2. The number of piperidine rings is 4. The van der Waals surface area contributed by atoms with Gasteiger partial charge in [0.05, 0.1) is 44.3 Å². The third-order valence-electron chi connectivity index (χ3n) is 13.7. The molecule has 362 valence electrons. The van der Waals surface area contributed by atoms with Crippen LogP contribution in [-0.2, 0) is 0 Å². The van der Waals surface area contributed by atoms with Crippen LogP contribution in [0.5, 0.6) is 18.0 Å². The van der Waals surface area contributed by atoms with Gasteiger partial charge in [0.2, 0.25) is 11.9 Å². The molecule has 4 saturated heterocycles. The first kappa shape index (κ1) is 50.5. The zero-order valence-electron chi connectivity index (χ0n) is 41.5. The minimum absolute atomic E-state index is 0.00828. The van der Waals surface area contributed by atoms with Gasteiger partial charge in [-0.15, -0.1) is 4.98 Å². The van der Waals surface area contributed by atoms with Crippen molar-refractivity contribution in [3.8, 4) is 18.0 Å². The molecule has 0 aromatic carbocycles. The maximum Gasteiger partial charge on any atom is 0.324 e. The Hall–Kier alpha value is -2.95. The normalized spacial score (nSPS) is 26.3. The lowest BCUT2D eigenvalue weighted by molar-refractivity contribution is -0.255. The van der Waals surface area contributed by atoms with Crippen LogP contribution in [0, 0.1) is 0 Å². The fraction of sp³-hybridized carbons (Fsp3) is 0.864. The zero-order valence-corrected chi connectivity index (χ0v) is 42.3. The number of nitrogens with zero attached hydrogens (tertiary/aromatic N) is 10. The summed E-state index contributed by atoms with van der Waals surface area (Å²) in [5.74, 6) is 1.22. The van der Waals surface area contributed by atoms with Crippen molar-refractivity contribution in [2.75, 3.05) is 23.0 Å². The number of anilines is 2. The molecule has 0 atom stereocenters. The van der Waals surface area contributed by atoms with Gasteiger partial charge in [-0.2, -0.15) is 24.9 Å². The molecule has 4 aliphatic heterocycles. The lowest BCUT2D eigenvalue weighted by Crippen LogP contribution is -2.61. The van der Waals surface area contributed by atoms with E-state index >= 15 is 0 Å². The van der Waals surface area contributed by atoms with Gasteiger partial charge in [0, 0.05) is 43.5 Å². The number of thioether (sulfide) groups is 1. The van der Waals surface area contributed by atoms with Crippen LogP contribution in [0.1, 0.15) is 162 Å². The fourth-order valence-electron chi connectivity index (χ4n) is 11.3. The van der Waals surface area contributed by atoms with Gasteiger partial charge in [0.1, 0.15) is 18.8 Å². The Kier molecular flexibility index (Phi) is 13.9. The SMILES string of the molecule is CC1(C)CC(Nc2nc(OCCSc3nc(NC4CC(C)(C)N([OH2+])C(C)(C)C4)nc(OC4CC(C)(C)N([OH2+])C(C)(C)C4)n3)nc(OC3CC(C)(C)N([OH2+])C(C)(C)C3)n2)CC(C)(C)N1[OH2+]. The highest BCUT2D eigenvalue weighted by molar-refractivity contribution is 7.99. The average Bonchev–Trinajstić information content (AvgIpc) is 3.11. The summed E-state index contributed by atoms with van der Waals surface area (Å²) in [6, 6.07) is 0.522. The summed E-state index contributed by atoms with van der Waals surface area (Å²) < 4.78 is 19.3. The monoisotopic (exact) mass is 923 g/mol. The number of aromatic nitrogens is 6. The van der Waals surface area contributed by atoms with Crippen LogP contribution in [-0.4, -0.2) is 152 Å². The van der Waals surface area contributed by atoms with Gasteiger partial charge in [-0.05, 0) is 136 Å². The quantitative estimate of drug-likeness (QED) is 0.160. The van der Waals surface area contributed by atoms with Crippen LogP contribution < -0.4 is 24.8 Å². The van der Waals surface area contributed by atoms with Gasteiger partial charge in [-0.3, -0.25) is 0 Å². The molecule has 6 rings (SSSR count). The standard InChI is InChI=1S/C44H78N12O7S/c1-37(2)19-27(20-38(3,4)53(37)57)45-31-47-33(51-34(48-31)62-29-23-41(9,10)55(59)42(11,12)24-29)61-17-18-64-36-50-32(46-28-21-39(5,6)54(58)40(7,8)22-28)49-35(52-36)63-30-25-43(13,14)56(60)44(15,16)26-30/h27-30,57-60H,17-26H2,1-16H3,(H,45,47,48,51)(H,46,49,50,52)/p+4. The Morgan fingerprint density at radius 2 is 0.766 bits per heavy atom. The molecule has 2 aromatic heterocycles. The Balaban J connectivity index is 1.21. The Labute approximate surface area is 384 Å². The summed E-state index contributed by atoms with van der Waals surface area (Å²) in [5, 5.41) is 49.4. The Morgan fingerprint density at radius 3 is 1.14 bits per heavy atom. The largest absolute Gasteiger partial charge is 0.462 e. The van der Waals surface area contributed by atoms with E-state index in [1.807, 2.05) is 0 Å². The summed E-state index contributed by atoms with van der Waals surface area (Å²) in [6.45, 7) is 33.4. The molecule has 0 radical (unpaired) electrons. The second-order valence-corrected chi connectivity index (χ2v) is 24.8. The first-order valence-electron chi connectivity index (χ1n) is 22.9. The van der Waals surface area contributed by atoms with Crippen molar-refractivity contribution in [3.05, 3.63) is 0 Å². The van der Waals surface area contributed by atoms with Crippen LogP contribution in [0.25, 0.3) is 0 Å². The van der Waals surface area contributed by atoms with Crippen LogP contribution >= 0.6 is 11.8 Å². The predicted octanol–water partition coefficient (Wildman–Crippen LogP) is 4.45. The third-order valence-corrected chi connectivity index (χ3v) is 14.5. The average molecular weight is 923 g/mol. The highest BCUT2D eigenvalue weighted by atomic mass is 32.2. The van der Waals surface area contributed by atoms with Crippen molar-refractivity contribution in [1.29, 1.82) is 0 Å². The van der Waals surface area contributed by atoms with E-state index in [1.54, 1.807) is 20.3 Å². The molecule has 10 N–H and O–H groups in total. The van der Waals surface area contributed by atoms with E-state index < -0.39 is 22.2 Å². The molecule has 4 aliphatic rings. The lowest BCUT2D eigenvalue weighted by atomic mass is 9.79. The Morgan fingerprint density at radius 1 is 0.453 bits per heavy atom. The first-order valence-corrected chi connectivity index (χ1v) is 23.9. The summed E-state index contributed by atoms with van der Waals surface area (Å²) in [4.78, 5) is 28.5. The van der Waals surface area contributed by atoms with Crippen molar-refractivity contribution in [1.82, 2.24) is 50.2 Å². The second-order valence-electron chi connectivity index (χ2n) is 23.8. The van der Waals surface area contributed by atoms with E-state index in [1.165, 1.54) is 11.8 Å². The molecule has 64 heavy (non-hydrogen) atoms. The molecule has 20 heteroatoms. The number of ether oxygens (including phenoxy) is 3. The van der Waals surface area contributed by atoms with E-state index in [0.29, 0.717) is 61.3 Å². The van der Waals surface area contributed by atoms with Gasteiger partial charge in [0.15, 0.2) is 5.16 Å². The van der Waals surface area contributed by atoms with Crippen LogP contribution in [0.4, 0.5) is 11.9 Å².